The van der Waals surface area contributed by atoms with Crippen LogP contribution in [0.15, 0.2) is 30.3 Å². The topological polar surface area (TPSA) is 52.9 Å². The molecule has 1 aliphatic carbocycles. The molecule has 5 heteroatoms. The smallest absolute Gasteiger partial charge is 0.249 e. The number of rotatable bonds is 3. The molecule has 0 saturated heterocycles. The Hall–Kier alpha value is -2.45. The van der Waals surface area contributed by atoms with E-state index >= 15 is 0 Å². The van der Waals surface area contributed by atoms with Crippen LogP contribution in [-0.4, -0.2) is 5.91 Å². The Morgan fingerprint density at radius 3 is 2.88 bits per heavy atom. The molecule has 1 heterocycles. The molecule has 1 aliphatic rings. The van der Waals surface area contributed by atoms with Gasteiger partial charge < -0.3 is 5.32 Å². The maximum Gasteiger partial charge on any atom is 0.249 e. The Balaban J connectivity index is 1.75. The molecule has 0 aliphatic heterocycles. The molecule has 3 rings (SSSR count). The molecule has 0 saturated carbocycles. The van der Waals surface area contributed by atoms with Gasteiger partial charge in [-0.1, -0.05) is 19.1 Å². The lowest BCUT2D eigenvalue weighted by atomic mass is 9.89. The minimum Gasteiger partial charge on any atom is -0.313 e. The van der Waals surface area contributed by atoms with Crippen molar-refractivity contribution in [2.24, 2.45) is 5.92 Å². The highest BCUT2D eigenvalue weighted by Gasteiger charge is 2.24. The van der Waals surface area contributed by atoms with Crippen molar-refractivity contribution in [1.82, 2.24) is 0 Å². The molecule has 1 amide bonds. The quantitative estimate of drug-likeness (QED) is 0.834. The summed E-state index contributed by atoms with van der Waals surface area (Å²) in [6, 6.07) is 8.13. The molecule has 24 heavy (non-hydrogen) atoms. The zero-order valence-corrected chi connectivity index (χ0v) is 14.1. The van der Waals surface area contributed by atoms with E-state index in [2.05, 4.69) is 18.3 Å². The fraction of sp³-hybridized carbons (Fsp3) is 0.263. The van der Waals surface area contributed by atoms with Gasteiger partial charge in [0.25, 0.3) is 0 Å². The highest BCUT2D eigenvalue weighted by atomic mass is 32.1. The van der Waals surface area contributed by atoms with Gasteiger partial charge in [0.1, 0.15) is 16.9 Å². The number of amides is 1. The Morgan fingerprint density at radius 1 is 1.42 bits per heavy atom. The van der Waals surface area contributed by atoms with Crippen LogP contribution in [0.2, 0.25) is 0 Å². The number of nitrogens with one attached hydrogen (secondary N) is 1. The van der Waals surface area contributed by atoms with Crippen molar-refractivity contribution >= 4 is 28.3 Å². The summed E-state index contributed by atoms with van der Waals surface area (Å²) in [6.45, 7) is 2.21. The maximum atomic E-state index is 12.9. The average Bonchev–Trinajstić information content (AvgIpc) is 2.90. The van der Waals surface area contributed by atoms with E-state index in [0.29, 0.717) is 16.5 Å². The summed E-state index contributed by atoms with van der Waals surface area (Å²) >= 11 is 1.50. The molecule has 0 spiro atoms. The first-order valence-electron chi connectivity index (χ1n) is 7.86. The zero-order chi connectivity index (χ0) is 17.1. The summed E-state index contributed by atoms with van der Waals surface area (Å²) in [5.74, 6) is 0.0146. The first-order chi connectivity index (χ1) is 11.6. The van der Waals surface area contributed by atoms with Crippen molar-refractivity contribution in [2.45, 2.75) is 26.2 Å². The van der Waals surface area contributed by atoms with Crippen molar-refractivity contribution in [2.75, 3.05) is 5.32 Å². The molecule has 122 valence electrons. The van der Waals surface area contributed by atoms with Crippen LogP contribution in [-0.2, 0) is 17.6 Å². The number of benzene rings is 1. The van der Waals surface area contributed by atoms with Crippen LogP contribution in [0, 0.1) is 23.1 Å². The van der Waals surface area contributed by atoms with Crippen molar-refractivity contribution in [3.05, 3.63) is 57.7 Å². The van der Waals surface area contributed by atoms with Crippen LogP contribution in [0.5, 0.6) is 0 Å². The Bertz CT molecular complexity index is 830. The number of hydrogen-bond acceptors (Lipinski definition) is 3. The van der Waals surface area contributed by atoms with E-state index < -0.39 is 0 Å². The number of carbonyl (C=O) groups excluding carboxylic acids is 1. The molecule has 3 nitrogen and oxygen atoms in total. The minimum absolute atomic E-state index is 0.289. The number of carbonyl (C=O) groups is 1. The Labute approximate surface area is 144 Å². The van der Waals surface area contributed by atoms with Gasteiger partial charge in [-0.05, 0) is 54.5 Å². The number of fused-ring (bicyclic) bond motifs is 1. The largest absolute Gasteiger partial charge is 0.313 e. The zero-order valence-electron chi connectivity index (χ0n) is 13.3. The maximum absolute atomic E-state index is 12.9. The fourth-order valence-corrected chi connectivity index (χ4v) is 4.22. The van der Waals surface area contributed by atoms with E-state index in [-0.39, 0.29) is 11.7 Å². The van der Waals surface area contributed by atoms with Crippen molar-refractivity contribution in [1.29, 1.82) is 5.26 Å². The molecule has 0 bridgehead atoms. The second kappa shape index (κ2) is 6.98. The summed E-state index contributed by atoms with van der Waals surface area (Å²) in [5, 5.41) is 12.9. The van der Waals surface area contributed by atoms with Gasteiger partial charge in [-0.25, -0.2) is 4.39 Å². The minimum atomic E-state index is -0.311. The third-order valence-electron chi connectivity index (χ3n) is 4.16. The van der Waals surface area contributed by atoms with Crippen LogP contribution in [0.25, 0.3) is 6.08 Å². The molecule has 1 unspecified atom stereocenters. The van der Waals surface area contributed by atoms with Crippen molar-refractivity contribution in [3.8, 4) is 6.07 Å². The van der Waals surface area contributed by atoms with E-state index in [1.165, 1.54) is 34.4 Å². The third kappa shape index (κ3) is 3.55. The molecule has 0 fully saturated rings. The number of hydrogen-bond donors (Lipinski definition) is 1. The standard InChI is InChI=1S/C19H17FN2OS/c1-12-2-8-15-16(11-21)19(24-17(15)10-12)22-18(23)9-5-13-3-6-14(20)7-4-13/h3-7,9,12H,2,8,10H2,1H3,(H,22,23). The van der Waals surface area contributed by atoms with Crippen LogP contribution < -0.4 is 5.32 Å². The highest BCUT2D eigenvalue weighted by molar-refractivity contribution is 7.16. The van der Waals surface area contributed by atoms with E-state index in [1.807, 2.05) is 0 Å². The van der Waals surface area contributed by atoms with Crippen LogP contribution in [0.1, 0.15) is 34.9 Å². The average molecular weight is 340 g/mol. The van der Waals surface area contributed by atoms with Crippen LogP contribution in [0.4, 0.5) is 9.39 Å². The summed E-state index contributed by atoms with van der Waals surface area (Å²) in [4.78, 5) is 13.3. The molecule has 1 aromatic heterocycles. The van der Waals surface area contributed by atoms with E-state index in [0.717, 1.165) is 30.4 Å². The summed E-state index contributed by atoms with van der Waals surface area (Å²) < 4.78 is 12.9. The van der Waals surface area contributed by atoms with Gasteiger partial charge in [0.2, 0.25) is 5.91 Å². The second-order valence-electron chi connectivity index (χ2n) is 6.04. The molecule has 1 aromatic carbocycles. The molecule has 1 N–H and O–H groups in total. The summed E-state index contributed by atoms with van der Waals surface area (Å²) in [7, 11) is 0. The van der Waals surface area contributed by atoms with E-state index in [9.17, 15) is 14.4 Å². The molecule has 2 aromatic rings. The fourth-order valence-electron chi connectivity index (χ4n) is 2.86. The van der Waals surface area contributed by atoms with Gasteiger partial charge >= 0.3 is 0 Å². The van der Waals surface area contributed by atoms with Gasteiger partial charge in [0.05, 0.1) is 5.56 Å². The number of halogens is 1. The molecule has 1 atom stereocenters. The normalized spacial score (nSPS) is 16.6. The molecular formula is C19H17FN2OS. The third-order valence-corrected chi connectivity index (χ3v) is 5.33. The highest BCUT2D eigenvalue weighted by Crippen LogP contribution is 2.39. The second-order valence-corrected chi connectivity index (χ2v) is 7.15. The molecular weight excluding hydrogens is 323 g/mol. The predicted molar refractivity (Wildman–Crippen MR) is 94.3 cm³/mol. The molecule has 0 radical (unpaired) electrons. The van der Waals surface area contributed by atoms with E-state index in [1.54, 1.807) is 18.2 Å². The lowest BCUT2D eigenvalue weighted by Gasteiger charge is -2.17. The Morgan fingerprint density at radius 2 is 2.17 bits per heavy atom. The first-order valence-corrected chi connectivity index (χ1v) is 8.67. The van der Waals surface area contributed by atoms with Crippen molar-refractivity contribution in [3.63, 3.8) is 0 Å². The lowest BCUT2D eigenvalue weighted by molar-refractivity contribution is -0.111. The van der Waals surface area contributed by atoms with Crippen molar-refractivity contribution < 1.29 is 9.18 Å². The van der Waals surface area contributed by atoms with Gasteiger partial charge in [-0.15, -0.1) is 11.3 Å². The van der Waals surface area contributed by atoms with Gasteiger partial charge in [0.15, 0.2) is 0 Å². The summed E-state index contributed by atoms with van der Waals surface area (Å²) in [6.07, 6.45) is 5.97. The number of nitriles is 1. The Kier molecular flexibility index (Phi) is 4.77. The SMILES string of the molecule is CC1CCc2c(sc(NC(=O)C=Cc3ccc(F)cc3)c2C#N)C1. The number of nitrogens with zero attached hydrogens (tertiary/aromatic N) is 1. The monoisotopic (exact) mass is 340 g/mol. The van der Waals surface area contributed by atoms with Gasteiger partial charge in [0, 0.05) is 11.0 Å². The van der Waals surface area contributed by atoms with E-state index in [4.69, 9.17) is 0 Å². The number of thiophene rings is 1. The van der Waals surface area contributed by atoms with Gasteiger partial charge in [-0.3, -0.25) is 4.79 Å². The van der Waals surface area contributed by atoms with Crippen LogP contribution >= 0.6 is 11.3 Å². The summed E-state index contributed by atoms with van der Waals surface area (Å²) in [5.41, 5.74) is 2.44. The number of anilines is 1. The van der Waals surface area contributed by atoms with Gasteiger partial charge in [-0.2, -0.15) is 5.26 Å². The van der Waals surface area contributed by atoms with Crippen LogP contribution in [0.3, 0.4) is 0 Å². The first kappa shape index (κ1) is 16.4. The predicted octanol–water partition coefficient (Wildman–Crippen LogP) is 4.54. The lowest BCUT2D eigenvalue weighted by Crippen LogP contribution is -2.10.